The van der Waals surface area contributed by atoms with Gasteiger partial charge in [0.05, 0.1) is 18.5 Å². The maximum Gasteiger partial charge on any atom is 0.121 e. The molecule has 0 saturated carbocycles. The molecule has 0 saturated heterocycles. The van der Waals surface area contributed by atoms with Gasteiger partial charge in [-0.15, -0.1) is 0 Å². The Bertz CT molecular complexity index is 531. The number of hydrogen-bond acceptors (Lipinski definition) is 3. The van der Waals surface area contributed by atoms with Crippen molar-refractivity contribution in [2.24, 2.45) is 5.73 Å². The molecule has 1 heterocycles. The number of nitrogens with zero attached hydrogens (tertiary/aromatic N) is 2. The van der Waals surface area contributed by atoms with Gasteiger partial charge in [-0.1, -0.05) is 6.07 Å². The number of hydrogen-bond donors (Lipinski definition) is 1. The van der Waals surface area contributed by atoms with Crippen LogP contribution in [-0.4, -0.2) is 16.9 Å². The molecular weight excluding hydrogens is 214 g/mol. The van der Waals surface area contributed by atoms with E-state index in [4.69, 9.17) is 10.5 Å². The van der Waals surface area contributed by atoms with E-state index in [9.17, 15) is 0 Å². The molecule has 0 aliphatic carbocycles. The first kappa shape index (κ1) is 11.7. The zero-order chi connectivity index (χ0) is 12.4. The Morgan fingerprint density at radius 1 is 1.29 bits per heavy atom. The summed E-state index contributed by atoms with van der Waals surface area (Å²) in [6.07, 6.45) is 0. The molecule has 17 heavy (non-hydrogen) atoms. The fraction of sp³-hybridized carbons (Fsp3) is 0.308. The standard InChI is InChI=1S/C13H17N3O/c1-9-6-10(2)16(15-9)13-7-12(17-3)5-4-11(13)8-14/h4-7H,8,14H2,1-3H3. The Morgan fingerprint density at radius 2 is 2.06 bits per heavy atom. The van der Waals surface area contributed by atoms with Crippen LogP contribution in [0.4, 0.5) is 0 Å². The van der Waals surface area contributed by atoms with E-state index >= 15 is 0 Å². The fourth-order valence-corrected chi connectivity index (χ4v) is 1.91. The average molecular weight is 231 g/mol. The third-order valence-electron chi connectivity index (χ3n) is 2.75. The lowest BCUT2D eigenvalue weighted by molar-refractivity contribution is 0.414. The molecule has 1 aromatic carbocycles. The van der Waals surface area contributed by atoms with E-state index in [1.54, 1.807) is 7.11 Å². The van der Waals surface area contributed by atoms with Crippen LogP contribution in [0.15, 0.2) is 24.3 Å². The fourth-order valence-electron chi connectivity index (χ4n) is 1.91. The summed E-state index contributed by atoms with van der Waals surface area (Å²) in [7, 11) is 1.66. The number of ether oxygens (including phenoxy) is 1. The van der Waals surface area contributed by atoms with Gasteiger partial charge in [0.15, 0.2) is 0 Å². The van der Waals surface area contributed by atoms with E-state index in [0.717, 1.165) is 28.4 Å². The Hall–Kier alpha value is -1.81. The highest BCUT2D eigenvalue weighted by molar-refractivity contribution is 5.47. The van der Waals surface area contributed by atoms with Crippen molar-refractivity contribution in [3.05, 3.63) is 41.2 Å². The Balaban J connectivity index is 2.59. The summed E-state index contributed by atoms with van der Waals surface area (Å²) in [5.74, 6) is 0.810. The molecule has 0 unspecified atom stereocenters. The van der Waals surface area contributed by atoms with Crippen molar-refractivity contribution in [2.75, 3.05) is 7.11 Å². The van der Waals surface area contributed by atoms with Crippen LogP contribution in [0.25, 0.3) is 5.69 Å². The van der Waals surface area contributed by atoms with Crippen LogP contribution in [0.1, 0.15) is 17.0 Å². The van der Waals surface area contributed by atoms with Gasteiger partial charge in [0.1, 0.15) is 5.75 Å². The first-order chi connectivity index (χ1) is 8.15. The minimum absolute atomic E-state index is 0.484. The van der Waals surface area contributed by atoms with E-state index in [1.165, 1.54) is 0 Å². The van der Waals surface area contributed by atoms with E-state index < -0.39 is 0 Å². The Kier molecular flexibility index (Phi) is 3.15. The molecule has 4 heteroatoms. The first-order valence-electron chi connectivity index (χ1n) is 5.56. The smallest absolute Gasteiger partial charge is 0.121 e. The highest BCUT2D eigenvalue weighted by Crippen LogP contribution is 2.22. The maximum absolute atomic E-state index is 5.75. The van der Waals surface area contributed by atoms with Gasteiger partial charge in [-0.2, -0.15) is 5.10 Å². The third kappa shape index (κ3) is 2.17. The molecule has 0 radical (unpaired) electrons. The van der Waals surface area contributed by atoms with Crippen LogP contribution < -0.4 is 10.5 Å². The normalized spacial score (nSPS) is 10.6. The van der Waals surface area contributed by atoms with Crippen LogP contribution in [0.2, 0.25) is 0 Å². The van der Waals surface area contributed by atoms with Gasteiger partial charge in [-0.25, -0.2) is 4.68 Å². The molecule has 0 amide bonds. The number of nitrogens with two attached hydrogens (primary N) is 1. The van der Waals surface area contributed by atoms with Crippen LogP contribution >= 0.6 is 0 Å². The van der Waals surface area contributed by atoms with E-state index in [2.05, 4.69) is 5.10 Å². The lowest BCUT2D eigenvalue weighted by Gasteiger charge is -2.11. The predicted molar refractivity (Wildman–Crippen MR) is 67.5 cm³/mol. The maximum atomic E-state index is 5.75. The van der Waals surface area contributed by atoms with Gasteiger partial charge >= 0.3 is 0 Å². The van der Waals surface area contributed by atoms with Gasteiger partial charge in [-0.05, 0) is 31.5 Å². The third-order valence-corrected chi connectivity index (χ3v) is 2.75. The predicted octanol–water partition coefficient (Wildman–Crippen LogP) is 1.96. The van der Waals surface area contributed by atoms with E-state index in [-0.39, 0.29) is 0 Å². The average Bonchev–Trinajstić information content (AvgIpc) is 2.67. The zero-order valence-corrected chi connectivity index (χ0v) is 10.4. The molecule has 4 nitrogen and oxygen atoms in total. The van der Waals surface area contributed by atoms with Gasteiger partial charge in [0.2, 0.25) is 0 Å². The van der Waals surface area contributed by atoms with Crippen LogP contribution in [0.5, 0.6) is 5.75 Å². The summed E-state index contributed by atoms with van der Waals surface area (Å²) < 4.78 is 7.14. The van der Waals surface area contributed by atoms with Crippen molar-refractivity contribution < 1.29 is 4.74 Å². The van der Waals surface area contributed by atoms with Gasteiger partial charge in [0.25, 0.3) is 0 Å². The number of methoxy groups -OCH3 is 1. The molecule has 2 N–H and O–H groups in total. The molecule has 0 atom stereocenters. The molecule has 1 aromatic heterocycles. The van der Waals surface area contributed by atoms with Gasteiger partial charge in [-0.3, -0.25) is 0 Å². The van der Waals surface area contributed by atoms with Crippen molar-refractivity contribution in [3.8, 4) is 11.4 Å². The van der Waals surface area contributed by atoms with Crippen molar-refractivity contribution in [2.45, 2.75) is 20.4 Å². The van der Waals surface area contributed by atoms with Crippen LogP contribution in [-0.2, 0) is 6.54 Å². The molecule has 2 rings (SSSR count). The van der Waals surface area contributed by atoms with Gasteiger partial charge in [0, 0.05) is 18.3 Å². The molecule has 0 fully saturated rings. The monoisotopic (exact) mass is 231 g/mol. The summed E-state index contributed by atoms with van der Waals surface area (Å²) >= 11 is 0. The number of aryl methyl sites for hydroxylation is 2. The first-order valence-corrected chi connectivity index (χ1v) is 5.56. The molecule has 2 aromatic rings. The summed E-state index contributed by atoms with van der Waals surface area (Å²) in [6, 6.07) is 7.89. The van der Waals surface area contributed by atoms with Crippen molar-refractivity contribution in [1.82, 2.24) is 9.78 Å². The molecule has 0 spiro atoms. The van der Waals surface area contributed by atoms with Crippen molar-refractivity contribution in [1.29, 1.82) is 0 Å². The van der Waals surface area contributed by atoms with Crippen LogP contribution in [0, 0.1) is 13.8 Å². The largest absolute Gasteiger partial charge is 0.497 e. The number of benzene rings is 1. The minimum atomic E-state index is 0.484. The topological polar surface area (TPSA) is 53.1 Å². The second kappa shape index (κ2) is 4.59. The summed E-state index contributed by atoms with van der Waals surface area (Å²) in [6.45, 7) is 4.49. The van der Waals surface area contributed by atoms with Crippen LogP contribution in [0.3, 0.4) is 0 Å². The lowest BCUT2D eigenvalue weighted by atomic mass is 10.1. The zero-order valence-electron chi connectivity index (χ0n) is 10.4. The second-order valence-corrected chi connectivity index (χ2v) is 4.04. The Labute approximate surface area is 101 Å². The van der Waals surface area contributed by atoms with Gasteiger partial charge < -0.3 is 10.5 Å². The molecule has 0 aliphatic rings. The lowest BCUT2D eigenvalue weighted by Crippen LogP contribution is -2.07. The summed E-state index contributed by atoms with van der Waals surface area (Å²) in [5, 5.41) is 4.47. The minimum Gasteiger partial charge on any atom is -0.497 e. The second-order valence-electron chi connectivity index (χ2n) is 4.04. The number of rotatable bonds is 3. The van der Waals surface area contributed by atoms with E-state index in [1.807, 2.05) is 42.8 Å². The SMILES string of the molecule is COc1ccc(CN)c(-n2nc(C)cc2C)c1. The Morgan fingerprint density at radius 3 is 2.59 bits per heavy atom. The number of aromatic nitrogens is 2. The quantitative estimate of drug-likeness (QED) is 0.878. The molecular formula is C13H17N3O. The summed E-state index contributed by atoms with van der Waals surface area (Å²) in [5.41, 5.74) is 9.87. The summed E-state index contributed by atoms with van der Waals surface area (Å²) in [4.78, 5) is 0. The molecule has 0 aliphatic heterocycles. The van der Waals surface area contributed by atoms with Crippen molar-refractivity contribution in [3.63, 3.8) is 0 Å². The van der Waals surface area contributed by atoms with E-state index in [0.29, 0.717) is 6.54 Å². The molecule has 90 valence electrons. The highest BCUT2D eigenvalue weighted by atomic mass is 16.5. The highest BCUT2D eigenvalue weighted by Gasteiger charge is 2.09. The van der Waals surface area contributed by atoms with Crippen molar-refractivity contribution >= 4 is 0 Å². The molecule has 0 bridgehead atoms.